The van der Waals surface area contributed by atoms with Gasteiger partial charge in [0.2, 0.25) is 0 Å². The fraction of sp³-hybridized carbons (Fsp3) is 0.0909. The number of rotatable bonds is 4. The number of anilines is 2. The van der Waals surface area contributed by atoms with Crippen LogP contribution >= 0.6 is 0 Å². The molecule has 1 N–H and O–H groups in total. The lowest BCUT2D eigenvalue weighted by atomic mass is 10.2. The van der Waals surface area contributed by atoms with Crippen molar-refractivity contribution in [1.29, 1.82) is 0 Å². The van der Waals surface area contributed by atoms with E-state index in [1.54, 1.807) is 42.9 Å². The van der Waals surface area contributed by atoms with Gasteiger partial charge >= 0.3 is 0 Å². The summed E-state index contributed by atoms with van der Waals surface area (Å²) in [5, 5.41) is 7.12. The minimum absolute atomic E-state index is 0.148. The molecule has 5 aromatic rings. The Balaban J connectivity index is 1.54. The number of aryl methyl sites for hydroxylation is 2. The van der Waals surface area contributed by atoms with Gasteiger partial charge in [0.25, 0.3) is 0 Å². The summed E-state index contributed by atoms with van der Waals surface area (Å²) in [6, 6.07) is 9.60. The van der Waals surface area contributed by atoms with E-state index in [0.29, 0.717) is 34.2 Å². The molecule has 0 aliphatic heterocycles. The van der Waals surface area contributed by atoms with Crippen LogP contribution < -0.4 is 5.32 Å². The molecule has 0 spiro atoms. The minimum atomic E-state index is -0.726. The molecule has 7 nitrogen and oxygen atoms in total. The smallest absolute Gasteiger partial charge is 0.158 e. The van der Waals surface area contributed by atoms with Gasteiger partial charge in [-0.1, -0.05) is 0 Å². The number of nitrogens with zero attached hydrogens (tertiary/aromatic N) is 6. The van der Waals surface area contributed by atoms with Crippen molar-refractivity contribution in [1.82, 2.24) is 29.3 Å². The monoisotopic (exact) mass is 435 g/mol. The predicted molar refractivity (Wildman–Crippen MR) is 113 cm³/mol. The van der Waals surface area contributed by atoms with Crippen molar-refractivity contribution in [2.24, 2.45) is 7.05 Å². The number of fused-ring (bicyclic) bond motifs is 1. The Labute approximate surface area is 180 Å². The van der Waals surface area contributed by atoms with E-state index in [0.717, 1.165) is 6.07 Å². The summed E-state index contributed by atoms with van der Waals surface area (Å²) in [5.74, 6) is -0.742. The van der Waals surface area contributed by atoms with Crippen molar-refractivity contribution in [2.75, 3.05) is 5.32 Å². The van der Waals surface area contributed by atoms with Gasteiger partial charge in [0.15, 0.2) is 5.82 Å². The zero-order chi connectivity index (χ0) is 22.4. The zero-order valence-corrected chi connectivity index (χ0v) is 17.0. The summed E-state index contributed by atoms with van der Waals surface area (Å²) in [6.07, 6.45) is 3.05. The fourth-order valence-electron chi connectivity index (χ4n) is 3.47. The van der Waals surface area contributed by atoms with Crippen LogP contribution in [-0.4, -0.2) is 29.3 Å². The topological polar surface area (TPSA) is 73.5 Å². The molecule has 0 saturated heterocycles. The van der Waals surface area contributed by atoms with Gasteiger partial charge in [-0.15, -0.1) is 0 Å². The lowest BCUT2D eigenvalue weighted by Gasteiger charge is -2.09. The van der Waals surface area contributed by atoms with Gasteiger partial charge < -0.3 is 9.88 Å². The first-order chi connectivity index (χ1) is 15.4. The summed E-state index contributed by atoms with van der Waals surface area (Å²) in [4.78, 5) is 12.8. The van der Waals surface area contributed by atoms with E-state index < -0.39 is 17.5 Å². The molecule has 0 amide bonds. The molecule has 0 aliphatic carbocycles. The molecule has 10 heteroatoms. The maximum atomic E-state index is 14.8. The van der Waals surface area contributed by atoms with Gasteiger partial charge in [0.05, 0.1) is 22.5 Å². The summed E-state index contributed by atoms with van der Waals surface area (Å²) in [5.41, 5.74) is 1.92. The number of benzene rings is 2. The van der Waals surface area contributed by atoms with Crippen LogP contribution in [0.1, 0.15) is 5.82 Å². The van der Waals surface area contributed by atoms with Gasteiger partial charge in [-0.25, -0.2) is 32.8 Å². The van der Waals surface area contributed by atoms with E-state index in [2.05, 4.69) is 25.4 Å². The van der Waals surface area contributed by atoms with Crippen molar-refractivity contribution < 1.29 is 13.2 Å². The molecule has 0 saturated carbocycles. The molecule has 32 heavy (non-hydrogen) atoms. The SMILES string of the molecule is Cc1ncn(-c2ccc(Nc3nccc4c3nc(-c3ccc(F)cc3F)n4C)c(F)c2)n1. The number of aromatic nitrogens is 6. The summed E-state index contributed by atoms with van der Waals surface area (Å²) in [7, 11) is 1.72. The van der Waals surface area contributed by atoms with Crippen LogP contribution in [0.4, 0.5) is 24.7 Å². The second-order valence-corrected chi connectivity index (χ2v) is 7.17. The van der Waals surface area contributed by atoms with E-state index >= 15 is 0 Å². The van der Waals surface area contributed by atoms with Crippen molar-refractivity contribution >= 4 is 22.5 Å². The Morgan fingerprint density at radius 3 is 2.50 bits per heavy atom. The van der Waals surface area contributed by atoms with E-state index in [-0.39, 0.29) is 11.3 Å². The first-order valence-corrected chi connectivity index (χ1v) is 9.63. The number of imidazole rings is 1. The average molecular weight is 435 g/mol. The Morgan fingerprint density at radius 1 is 0.938 bits per heavy atom. The first-order valence-electron chi connectivity index (χ1n) is 9.63. The third-order valence-electron chi connectivity index (χ3n) is 5.05. The van der Waals surface area contributed by atoms with Crippen LogP contribution in [0.25, 0.3) is 28.1 Å². The maximum Gasteiger partial charge on any atom is 0.158 e. The molecule has 0 fully saturated rings. The van der Waals surface area contributed by atoms with E-state index in [4.69, 9.17) is 0 Å². The third-order valence-corrected chi connectivity index (χ3v) is 5.05. The highest BCUT2D eigenvalue weighted by atomic mass is 19.1. The molecule has 0 radical (unpaired) electrons. The second-order valence-electron chi connectivity index (χ2n) is 7.17. The highest BCUT2D eigenvalue weighted by Crippen LogP contribution is 2.31. The standard InChI is InChI=1S/C22H16F3N7/c1-12-27-11-32(30-12)14-4-6-18(17(25)10-14)28-21-20-19(7-8-26-21)31(2)22(29-20)15-5-3-13(23)9-16(15)24/h3-11H,1-2H3,(H,26,28). The first kappa shape index (κ1) is 19.7. The van der Waals surface area contributed by atoms with Crippen LogP contribution in [0.3, 0.4) is 0 Å². The zero-order valence-electron chi connectivity index (χ0n) is 17.0. The minimum Gasteiger partial charge on any atom is -0.336 e. The molecule has 0 aliphatic rings. The lowest BCUT2D eigenvalue weighted by molar-refractivity contribution is 0.584. The molecule has 0 bridgehead atoms. The van der Waals surface area contributed by atoms with Gasteiger partial charge in [0.1, 0.15) is 40.9 Å². The molecular weight excluding hydrogens is 419 g/mol. The molecule has 0 unspecified atom stereocenters. The van der Waals surface area contributed by atoms with Crippen LogP contribution in [0.2, 0.25) is 0 Å². The summed E-state index contributed by atoms with van der Waals surface area (Å²) in [6.45, 7) is 1.74. The van der Waals surface area contributed by atoms with Crippen molar-refractivity contribution in [3.63, 3.8) is 0 Å². The van der Waals surface area contributed by atoms with Crippen LogP contribution in [0, 0.1) is 24.4 Å². The van der Waals surface area contributed by atoms with Gasteiger partial charge in [-0.3, -0.25) is 0 Å². The molecule has 3 heterocycles. The normalized spacial score (nSPS) is 11.3. The number of hydrogen-bond donors (Lipinski definition) is 1. The van der Waals surface area contributed by atoms with E-state index in [9.17, 15) is 13.2 Å². The Bertz CT molecular complexity index is 1470. The lowest BCUT2D eigenvalue weighted by Crippen LogP contribution is -2.00. The van der Waals surface area contributed by atoms with Crippen molar-refractivity contribution in [3.8, 4) is 17.1 Å². The highest BCUT2D eigenvalue weighted by Gasteiger charge is 2.18. The Hall–Kier alpha value is -4.21. The largest absolute Gasteiger partial charge is 0.336 e. The molecule has 3 aromatic heterocycles. The summed E-state index contributed by atoms with van der Waals surface area (Å²) < 4.78 is 45.6. The number of hydrogen-bond acceptors (Lipinski definition) is 5. The average Bonchev–Trinajstić information content (AvgIpc) is 3.34. The van der Waals surface area contributed by atoms with Crippen molar-refractivity contribution in [2.45, 2.75) is 6.92 Å². The molecule has 2 aromatic carbocycles. The number of halogens is 3. The second kappa shape index (κ2) is 7.49. The molecular formula is C22H16F3N7. The predicted octanol–water partition coefficient (Wildman–Crippen LogP) is 4.69. The van der Waals surface area contributed by atoms with Gasteiger partial charge in [-0.05, 0) is 37.3 Å². The Kier molecular flexibility index (Phi) is 4.62. The van der Waals surface area contributed by atoms with Crippen LogP contribution in [0.15, 0.2) is 55.0 Å². The van der Waals surface area contributed by atoms with Crippen LogP contribution in [0.5, 0.6) is 0 Å². The van der Waals surface area contributed by atoms with Crippen LogP contribution in [-0.2, 0) is 7.05 Å². The number of nitrogens with one attached hydrogen (secondary N) is 1. The number of pyridine rings is 1. The van der Waals surface area contributed by atoms with Gasteiger partial charge in [0, 0.05) is 25.4 Å². The van der Waals surface area contributed by atoms with Crippen molar-refractivity contribution in [3.05, 3.63) is 78.3 Å². The Morgan fingerprint density at radius 2 is 1.78 bits per heavy atom. The summed E-state index contributed by atoms with van der Waals surface area (Å²) >= 11 is 0. The van der Waals surface area contributed by atoms with Gasteiger partial charge in [-0.2, -0.15) is 5.10 Å². The van der Waals surface area contributed by atoms with E-state index in [1.165, 1.54) is 29.2 Å². The maximum absolute atomic E-state index is 14.8. The fourth-order valence-corrected chi connectivity index (χ4v) is 3.47. The quantitative estimate of drug-likeness (QED) is 0.444. The highest BCUT2D eigenvalue weighted by molar-refractivity contribution is 5.90. The third kappa shape index (κ3) is 3.35. The molecule has 160 valence electrons. The molecule has 5 rings (SSSR count). The molecule has 0 atom stereocenters. The van der Waals surface area contributed by atoms with E-state index in [1.807, 2.05) is 0 Å².